The van der Waals surface area contributed by atoms with E-state index in [4.69, 9.17) is 4.42 Å². The first-order valence-electron chi connectivity index (χ1n) is 8.63. The van der Waals surface area contributed by atoms with E-state index in [1.165, 1.54) is 18.5 Å². The summed E-state index contributed by atoms with van der Waals surface area (Å²) >= 11 is 0. The molecule has 2 aromatic carbocycles. The SMILES string of the molecule is Fc1ccc(-c2ccn3c(-c4cccc(Nc5nnco5)c4)cnc3c2)cc1. The molecule has 0 amide bonds. The minimum atomic E-state index is -0.248. The summed E-state index contributed by atoms with van der Waals surface area (Å²) in [4.78, 5) is 4.53. The zero-order chi connectivity index (χ0) is 18.9. The fourth-order valence-electron chi connectivity index (χ4n) is 3.12. The van der Waals surface area contributed by atoms with Crippen LogP contribution in [-0.4, -0.2) is 19.6 Å². The van der Waals surface area contributed by atoms with Gasteiger partial charge < -0.3 is 9.73 Å². The summed E-state index contributed by atoms with van der Waals surface area (Å²) in [5, 5.41) is 10.6. The number of rotatable bonds is 4. The van der Waals surface area contributed by atoms with Crippen molar-refractivity contribution in [3.8, 4) is 22.4 Å². The van der Waals surface area contributed by atoms with Crippen LogP contribution in [0.25, 0.3) is 28.0 Å². The van der Waals surface area contributed by atoms with E-state index in [2.05, 4.69) is 20.5 Å². The number of hydrogen-bond acceptors (Lipinski definition) is 5. The van der Waals surface area contributed by atoms with E-state index in [1.807, 2.05) is 53.2 Å². The van der Waals surface area contributed by atoms with Crippen molar-refractivity contribution in [2.24, 2.45) is 0 Å². The Hall–Kier alpha value is -4.00. The highest BCUT2D eigenvalue weighted by atomic mass is 19.1. The Morgan fingerprint density at radius 3 is 2.64 bits per heavy atom. The minimum Gasteiger partial charge on any atom is -0.411 e. The predicted octanol–water partition coefficient (Wildman–Crippen LogP) is 4.93. The highest BCUT2D eigenvalue weighted by Crippen LogP contribution is 2.27. The van der Waals surface area contributed by atoms with Gasteiger partial charge in [-0.25, -0.2) is 9.37 Å². The number of imidazole rings is 1. The molecule has 0 saturated carbocycles. The molecule has 28 heavy (non-hydrogen) atoms. The van der Waals surface area contributed by atoms with Crippen molar-refractivity contribution in [1.29, 1.82) is 0 Å². The first kappa shape index (κ1) is 16.2. The Kier molecular flexibility index (Phi) is 3.83. The Labute approximate surface area is 159 Å². The largest absolute Gasteiger partial charge is 0.411 e. The van der Waals surface area contributed by atoms with Gasteiger partial charge in [0.15, 0.2) is 0 Å². The molecule has 0 aliphatic heterocycles. The number of fused-ring (bicyclic) bond motifs is 1. The number of halogens is 1. The molecule has 0 atom stereocenters. The molecule has 6 nitrogen and oxygen atoms in total. The first-order valence-corrected chi connectivity index (χ1v) is 8.63. The van der Waals surface area contributed by atoms with Crippen LogP contribution in [-0.2, 0) is 0 Å². The van der Waals surface area contributed by atoms with Crippen molar-refractivity contribution in [2.45, 2.75) is 0 Å². The number of benzene rings is 2. The van der Waals surface area contributed by atoms with Gasteiger partial charge in [-0.05, 0) is 47.5 Å². The topological polar surface area (TPSA) is 68.2 Å². The zero-order valence-electron chi connectivity index (χ0n) is 14.6. The van der Waals surface area contributed by atoms with E-state index in [0.29, 0.717) is 6.01 Å². The minimum absolute atomic E-state index is 0.248. The maximum Gasteiger partial charge on any atom is 0.319 e. The van der Waals surface area contributed by atoms with Gasteiger partial charge in [0, 0.05) is 17.4 Å². The molecule has 0 unspecified atom stereocenters. The fraction of sp³-hybridized carbons (Fsp3) is 0. The maximum atomic E-state index is 13.2. The molecule has 5 aromatic rings. The van der Waals surface area contributed by atoms with Gasteiger partial charge in [-0.1, -0.05) is 29.4 Å². The average molecular weight is 371 g/mol. The number of anilines is 2. The Bertz CT molecular complexity index is 1250. The molecular formula is C21H14FN5O. The van der Waals surface area contributed by atoms with Crippen LogP contribution >= 0.6 is 0 Å². The third-order valence-corrected chi connectivity index (χ3v) is 4.46. The van der Waals surface area contributed by atoms with Gasteiger partial charge in [-0.15, -0.1) is 5.10 Å². The molecule has 0 fully saturated rings. The van der Waals surface area contributed by atoms with Crippen LogP contribution in [0.4, 0.5) is 16.1 Å². The van der Waals surface area contributed by atoms with E-state index in [1.54, 1.807) is 12.1 Å². The van der Waals surface area contributed by atoms with E-state index >= 15 is 0 Å². The molecule has 0 aliphatic rings. The van der Waals surface area contributed by atoms with Crippen molar-refractivity contribution in [3.05, 3.63) is 85.3 Å². The quantitative estimate of drug-likeness (QED) is 0.485. The summed E-state index contributed by atoms with van der Waals surface area (Å²) < 4.78 is 20.3. The first-order chi connectivity index (χ1) is 13.8. The second-order valence-corrected chi connectivity index (χ2v) is 6.24. The standard InChI is InChI=1S/C21H14FN5O/c22-17-6-4-14(5-7-17)15-8-9-27-19(12-23-20(27)11-15)16-2-1-3-18(10-16)25-21-26-24-13-28-21/h1-13H,(H,25,26). The molecule has 5 rings (SSSR count). The van der Waals surface area contributed by atoms with Crippen molar-refractivity contribution < 1.29 is 8.81 Å². The smallest absolute Gasteiger partial charge is 0.319 e. The van der Waals surface area contributed by atoms with Crippen molar-refractivity contribution >= 4 is 17.3 Å². The van der Waals surface area contributed by atoms with Crippen LogP contribution in [0.15, 0.2) is 83.9 Å². The summed E-state index contributed by atoms with van der Waals surface area (Å²) in [6.07, 6.45) is 5.07. The molecule has 0 saturated heterocycles. The lowest BCUT2D eigenvalue weighted by atomic mass is 10.1. The molecule has 0 aliphatic carbocycles. The third kappa shape index (κ3) is 2.99. The van der Waals surface area contributed by atoms with Crippen molar-refractivity contribution in [3.63, 3.8) is 0 Å². The van der Waals surface area contributed by atoms with Crippen LogP contribution in [0.3, 0.4) is 0 Å². The molecule has 3 aromatic heterocycles. The lowest BCUT2D eigenvalue weighted by Crippen LogP contribution is -1.92. The number of nitrogens with one attached hydrogen (secondary N) is 1. The molecule has 0 bridgehead atoms. The highest BCUT2D eigenvalue weighted by Gasteiger charge is 2.09. The van der Waals surface area contributed by atoms with Gasteiger partial charge in [0.05, 0.1) is 11.9 Å². The summed E-state index contributed by atoms with van der Waals surface area (Å²) in [5.74, 6) is -0.248. The van der Waals surface area contributed by atoms with Gasteiger partial charge >= 0.3 is 6.01 Å². The Balaban J connectivity index is 1.51. The lowest BCUT2D eigenvalue weighted by Gasteiger charge is -2.07. The molecule has 0 spiro atoms. The normalized spacial score (nSPS) is 11.0. The second-order valence-electron chi connectivity index (χ2n) is 6.24. The van der Waals surface area contributed by atoms with Crippen molar-refractivity contribution in [2.75, 3.05) is 5.32 Å². The highest BCUT2D eigenvalue weighted by molar-refractivity contribution is 5.72. The summed E-state index contributed by atoms with van der Waals surface area (Å²) in [7, 11) is 0. The monoisotopic (exact) mass is 371 g/mol. The Morgan fingerprint density at radius 2 is 1.82 bits per heavy atom. The van der Waals surface area contributed by atoms with Gasteiger partial charge in [0.25, 0.3) is 0 Å². The Morgan fingerprint density at radius 1 is 0.929 bits per heavy atom. The fourth-order valence-corrected chi connectivity index (χ4v) is 3.12. The molecule has 7 heteroatoms. The van der Waals surface area contributed by atoms with E-state index in [0.717, 1.165) is 33.7 Å². The number of hydrogen-bond donors (Lipinski definition) is 1. The molecular weight excluding hydrogens is 357 g/mol. The molecule has 0 radical (unpaired) electrons. The van der Waals surface area contributed by atoms with Crippen LogP contribution in [0.5, 0.6) is 0 Å². The molecule has 136 valence electrons. The van der Waals surface area contributed by atoms with Gasteiger partial charge in [0.1, 0.15) is 11.5 Å². The van der Waals surface area contributed by atoms with Crippen LogP contribution in [0.2, 0.25) is 0 Å². The van der Waals surface area contributed by atoms with Gasteiger partial charge in [0.2, 0.25) is 6.39 Å². The second kappa shape index (κ2) is 6.62. The van der Waals surface area contributed by atoms with E-state index < -0.39 is 0 Å². The molecule has 3 heterocycles. The lowest BCUT2D eigenvalue weighted by molar-refractivity contribution is 0.572. The van der Waals surface area contributed by atoms with E-state index in [9.17, 15) is 4.39 Å². The molecule has 1 N–H and O–H groups in total. The number of nitrogens with zero attached hydrogens (tertiary/aromatic N) is 4. The van der Waals surface area contributed by atoms with Crippen LogP contribution in [0.1, 0.15) is 0 Å². The zero-order valence-corrected chi connectivity index (χ0v) is 14.6. The number of aromatic nitrogens is 4. The third-order valence-electron chi connectivity index (χ3n) is 4.46. The predicted molar refractivity (Wildman–Crippen MR) is 104 cm³/mol. The number of pyridine rings is 1. The van der Waals surface area contributed by atoms with E-state index in [-0.39, 0.29) is 5.82 Å². The summed E-state index contributed by atoms with van der Waals surface area (Å²) in [6, 6.07) is 18.6. The van der Waals surface area contributed by atoms with Crippen LogP contribution < -0.4 is 5.32 Å². The maximum absolute atomic E-state index is 13.2. The van der Waals surface area contributed by atoms with Gasteiger partial charge in [-0.3, -0.25) is 4.40 Å². The summed E-state index contributed by atoms with van der Waals surface area (Å²) in [6.45, 7) is 0. The van der Waals surface area contributed by atoms with Crippen molar-refractivity contribution in [1.82, 2.24) is 19.6 Å². The van der Waals surface area contributed by atoms with Gasteiger partial charge in [-0.2, -0.15) is 0 Å². The average Bonchev–Trinajstić information content (AvgIpc) is 3.38. The van der Waals surface area contributed by atoms with Crippen LogP contribution in [0, 0.1) is 5.82 Å². The summed E-state index contributed by atoms with van der Waals surface area (Å²) in [5.41, 5.74) is 5.52.